The van der Waals surface area contributed by atoms with Crippen LogP contribution in [0.1, 0.15) is 13.3 Å². The minimum absolute atomic E-state index is 0.0383. The van der Waals surface area contributed by atoms with Crippen LogP contribution in [-0.4, -0.2) is 48.7 Å². The number of sulfone groups is 1. The molecule has 1 aromatic rings. The largest absolute Gasteiger partial charge is 0.384 e. The number of hydrogen-bond donors (Lipinski definition) is 2. The lowest BCUT2D eigenvalue weighted by molar-refractivity contribution is 0.364. The van der Waals surface area contributed by atoms with Crippen LogP contribution in [0.2, 0.25) is 0 Å². The monoisotopic (exact) mass is 335 g/mol. The van der Waals surface area contributed by atoms with Gasteiger partial charge in [0.25, 0.3) is 10.0 Å². The first-order valence-corrected chi connectivity index (χ1v) is 9.73. The summed E-state index contributed by atoms with van der Waals surface area (Å²) in [5, 5.41) is 4.27. The second kappa shape index (κ2) is 6.73. The molecule has 0 saturated heterocycles. The molecule has 0 unspecified atom stereocenters. The Labute approximate surface area is 126 Å². The number of nitrogens with zero attached hydrogens (tertiary/aromatic N) is 1. The molecule has 0 spiro atoms. The highest BCUT2D eigenvalue weighted by Gasteiger charge is 2.22. The number of anilines is 1. The van der Waals surface area contributed by atoms with Crippen LogP contribution in [0, 0.1) is 0 Å². The third kappa shape index (κ3) is 4.95. The summed E-state index contributed by atoms with van der Waals surface area (Å²) in [7, 11) is -4.26. The molecular weight excluding hydrogens is 314 g/mol. The van der Waals surface area contributed by atoms with Crippen LogP contribution < -0.4 is 10.1 Å². The molecule has 21 heavy (non-hydrogen) atoms. The van der Waals surface area contributed by atoms with Gasteiger partial charge < -0.3 is 5.32 Å². The van der Waals surface area contributed by atoms with Crippen LogP contribution in [0.25, 0.3) is 0 Å². The van der Waals surface area contributed by atoms with Crippen molar-refractivity contribution in [2.24, 2.45) is 0 Å². The maximum Gasteiger partial charge on any atom is 0.255 e. The van der Waals surface area contributed by atoms with Crippen molar-refractivity contribution >= 4 is 25.5 Å². The lowest BCUT2D eigenvalue weighted by Gasteiger charge is -2.17. The molecular formula is C12H21N3O4S2. The first-order chi connectivity index (χ1) is 9.58. The number of benzene rings is 1. The number of sulfonamides is 1. The van der Waals surface area contributed by atoms with E-state index in [2.05, 4.69) is 10.1 Å². The molecule has 1 rings (SSSR count). The molecule has 0 fully saturated rings. The fraction of sp³-hybridized carbons (Fsp3) is 0.500. The summed E-state index contributed by atoms with van der Waals surface area (Å²) in [6, 6.07) is 4.03. The molecule has 0 saturated carbocycles. The standard InChI is InChI=1S/C12H21N3O4S2/c1-5-8-13-11-7-6-10(20(4,16)17)9-12(11)21(18,19)14-15(2)3/h6-7,9,13-14H,5,8H2,1-4H3. The van der Waals surface area contributed by atoms with Gasteiger partial charge in [0, 0.05) is 26.9 Å². The van der Waals surface area contributed by atoms with E-state index >= 15 is 0 Å². The molecule has 0 amide bonds. The molecule has 0 radical (unpaired) electrons. The van der Waals surface area contributed by atoms with E-state index < -0.39 is 19.9 Å². The van der Waals surface area contributed by atoms with Gasteiger partial charge in [0.1, 0.15) is 4.90 Å². The molecule has 0 atom stereocenters. The Morgan fingerprint density at radius 2 is 1.76 bits per heavy atom. The van der Waals surface area contributed by atoms with Gasteiger partial charge in [0.05, 0.1) is 10.6 Å². The first-order valence-electron chi connectivity index (χ1n) is 6.35. The molecule has 0 aliphatic heterocycles. The fourth-order valence-corrected chi connectivity index (χ4v) is 3.66. The van der Waals surface area contributed by atoms with E-state index in [1.54, 1.807) is 0 Å². The molecule has 1 aromatic carbocycles. The predicted molar refractivity (Wildman–Crippen MR) is 82.3 cm³/mol. The smallest absolute Gasteiger partial charge is 0.255 e. The summed E-state index contributed by atoms with van der Waals surface area (Å²) in [5.41, 5.74) is 0.374. The van der Waals surface area contributed by atoms with Gasteiger partial charge in [0.2, 0.25) is 0 Å². The highest BCUT2D eigenvalue weighted by molar-refractivity contribution is 7.91. The summed E-state index contributed by atoms with van der Waals surface area (Å²) in [4.78, 5) is 2.17. The van der Waals surface area contributed by atoms with E-state index in [-0.39, 0.29) is 9.79 Å². The van der Waals surface area contributed by atoms with Gasteiger partial charge in [-0.25, -0.2) is 21.8 Å². The Morgan fingerprint density at radius 1 is 1.14 bits per heavy atom. The zero-order chi connectivity index (χ0) is 16.3. The van der Waals surface area contributed by atoms with Crippen molar-refractivity contribution in [2.75, 3.05) is 32.2 Å². The Kier molecular flexibility index (Phi) is 5.74. The van der Waals surface area contributed by atoms with Crippen LogP contribution >= 0.6 is 0 Å². The Morgan fingerprint density at radius 3 is 2.24 bits per heavy atom. The lowest BCUT2D eigenvalue weighted by Crippen LogP contribution is -2.36. The Hall–Kier alpha value is -1.16. The maximum atomic E-state index is 12.3. The van der Waals surface area contributed by atoms with E-state index in [4.69, 9.17) is 0 Å². The van der Waals surface area contributed by atoms with Gasteiger partial charge in [0.15, 0.2) is 9.84 Å². The third-order valence-corrected chi connectivity index (χ3v) is 5.17. The highest BCUT2D eigenvalue weighted by Crippen LogP contribution is 2.25. The average Bonchev–Trinajstić information content (AvgIpc) is 2.33. The predicted octanol–water partition coefficient (Wildman–Crippen LogP) is 0.667. The number of hydrogen-bond acceptors (Lipinski definition) is 6. The van der Waals surface area contributed by atoms with Gasteiger partial charge in [-0.05, 0) is 24.6 Å². The SMILES string of the molecule is CCCNc1ccc(S(C)(=O)=O)cc1S(=O)(=O)NN(C)C. The minimum atomic E-state index is -3.85. The quantitative estimate of drug-likeness (QED) is 0.711. The van der Waals surface area contributed by atoms with Crippen LogP contribution in [0.3, 0.4) is 0 Å². The summed E-state index contributed by atoms with van der Waals surface area (Å²) < 4.78 is 47.9. The van der Waals surface area contributed by atoms with E-state index in [9.17, 15) is 16.8 Å². The van der Waals surface area contributed by atoms with Gasteiger partial charge in [-0.1, -0.05) is 6.92 Å². The van der Waals surface area contributed by atoms with Crippen molar-refractivity contribution in [1.29, 1.82) is 0 Å². The number of rotatable bonds is 7. The Balaban J connectivity index is 3.42. The molecule has 0 heterocycles. The van der Waals surface area contributed by atoms with Gasteiger partial charge in [-0.3, -0.25) is 0 Å². The summed E-state index contributed by atoms with van der Waals surface area (Å²) in [6.07, 6.45) is 1.85. The normalized spacial score (nSPS) is 12.6. The first kappa shape index (κ1) is 17.9. The van der Waals surface area contributed by atoms with Crippen molar-refractivity contribution in [2.45, 2.75) is 23.1 Å². The van der Waals surface area contributed by atoms with Crippen LogP contribution in [0.5, 0.6) is 0 Å². The van der Waals surface area contributed by atoms with Crippen molar-refractivity contribution in [1.82, 2.24) is 9.84 Å². The number of nitrogens with one attached hydrogen (secondary N) is 2. The van der Waals surface area contributed by atoms with Gasteiger partial charge >= 0.3 is 0 Å². The van der Waals surface area contributed by atoms with E-state index in [0.29, 0.717) is 12.2 Å². The molecule has 9 heteroatoms. The number of hydrazine groups is 1. The second-order valence-corrected chi connectivity index (χ2v) is 8.49. The van der Waals surface area contributed by atoms with Crippen LogP contribution in [0.15, 0.2) is 28.0 Å². The average molecular weight is 335 g/mol. The molecule has 7 nitrogen and oxygen atoms in total. The molecule has 0 aromatic heterocycles. The minimum Gasteiger partial charge on any atom is -0.384 e. The second-order valence-electron chi connectivity index (χ2n) is 4.85. The highest BCUT2D eigenvalue weighted by atomic mass is 32.2. The zero-order valence-electron chi connectivity index (χ0n) is 12.5. The zero-order valence-corrected chi connectivity index (χ0v) is 14.2. The van der Waals surface area contributed by atoms with Crippen LogP contribution in [0.4, 0.5) is 5.69 Å². The molecule has 2 N–H and O–H groups in total. The van der Waals surface area contributed by atoms with Crippen molar-refractivity contribution in [3.05, 3.63) is 18.2 Å². The third-order valence-electron chi connectivity index (χ3n) is 2.54. The fourth-order valence-electron chi connectivity index (χ4n) is 1.65. The molecule has 120 valence electrons. The van der Waals surface area contributed by atoms with Crippen LogP contribution in [-0.2, 0) is 19.9 Å². The Bertz CT molecular complexity index is 697. The van der Waals surface area contributed by atoms with E-state index in [0.717, 1.165) is 12.7 Å². The summed E-state index contributed by atoms with van der Waals surface area (Å²) in [6.45, 7) is 2.53. The summed E-state index contributed by atoms with van der Waals surface area (Å²) >= 11 is 0. The molecule has 0 aliphatic carbocycles. The van der Waals surface area contributed by atoms with Gasteiger partial charge in [-0.2, -0.15) is 0 Å². The van der Waals surface area contributed by atoms with Crippen molar-refractivity contribution in [3.8, 4) is 0 Å². The van der Waals surface area contributed by atoms with Crippen molar-refractivity contribution in [3.63, 3.8) is 0 Å². The van der Waals surface area contributed by atoms with E-state index in [1.165, 1.54) is 37.3 Å². The lowest BCUT2D eigenvalue weighted by atomic mass is 10.3. The molecule has 0 aliphatic rings. The van der Waals surface area contributed by atoms with Gasteiger partial charge in [-0.15, -0.1) is 4.83 Å². The van der Waals surface area contributed by atoms with E-state index in [1.807, 2.05) is 6.92 Å². The summed E-state index contributed by atoms with van der Waals surface area (Å²) in [5.74, 6) is 0. The molecule has 0 bridgehead atoms. The van der Waals surface area contributed by atoms with Crippen molar-refractivity contribution < 1.29 is 16.8 Å². The topological polar surface area (TPSA) is 95.6 Å². The maximum absolute atomic E-state index is 12.3.